The van der Waals surface area contributed by atoms with Crippen LogP contribution in [0.25, 0.3) is 0 Å². The smallest absolute Gasteiger partial charge is 0.217 e. The first kappa shape index (κ1) is 13.3. The van der Waals surface area contributed by atoms with E-state index < -0.39 is 0 Å². The third kappa shape index (κ3) is 3.00. The molecule has 0 aliphatic rings. The second-order valence-electron chi connectivity index (χ2n) is 3.73. The second-order valence-corrected chi connectivity index (χ2v) is 5.53. The summed E-state index contributed by atoms with van der Waals surface area (Å²) >= 11 is 7.47. The predicted octanol–water partition coefficient (Wildman–Crippen LogP) is 2.55. The zero-order valence-corrected chi connectivity index (χ0v) is 11.5. The molecule has 0 saturated carbocycles. The van der Waals surface area contributed by atoms with E-state index in [0.717, 1.165) is 21.2 Å². The number of ether oxygens (including phenoxy) is 1. The number of nitrogens with one attached hydrogen (secondary N) is 1. The molecule has 0 aliphatic carbocycles. The zero-order chi connectivity index (χ0) is 13.0. The minimum absolute atomic E-state index is 0.0524. The molecule has 96 valence electrons. The van der Waals surface area contributed by atoms with Crippen LogP contribution in [0.3, 0.4) is 0 Å². The van der Waals surface area contributed by atoms with E-state index in [0.29, 0.717) is 5.88 Å². The van der Waals surface area contributed by atoms with Crippen LogP contribution in [-0.2, 0) is 6.42 Å². The Bertz CT molecular complexity index is 518. The summed E-state index contributed by atoms with van der Waals surface area (Å²) in [5, 5.41) is 0. The van der Waals surface area contributed by atoms with Gasteiger partial charge in [0.25, 0.3) is 0 Å². The molecule has 0 radical (unpaired) electrons. The molecule has 2 aromatic rings. The second kappa shape index (κ2) is 6.15. The van der Waals surface area contributed by atoms with Gasteiger partial charge in [0.1, 0.15) is 0 Å². The maximum atomic E-state index is 5.92. The highest BCUT2D eigenvalue weighted by molar-refractivity contribution is 7.16. The minimum atomic E-state index is -0.0524. The lowest BCUT2D eigenvalue weighted by atomic mass is 10.1. The molecule has 0 bridgehead atoms. The van der Waals surface area contributed by atoms with E-state index in [2.05, 4.69) is 10.4 Å². The van der Waals surface area contributed by atoms with Gasteiger partial charge in [-0.25, -0.2) is 4.98 Å². The standard InChI is InChI=1S/C12H14ClN3OS/c1-17-12-9(3-2-6-15-12)10(16-14)7-8-4-5-11(13)18-8/h2-6,10,16H,7,14H2,1H3. The highest BCUT2D eigenvalue weighted by Crippen LogP contribution is 2.29. The highest BCUT2D eigenvalue weighted by Gasteiger charge is 2.16. The predicted molar refractivity (Wildman–Crippen MR) is 73.9 cm³/mol. The fourth-order valence-corrected chi connectivity index (χ4v) is 2.89. The van der Waals surface area contributed by atoms with Gasteiger partial charge in [0.2, 0.25) is 5.88 Å². The molecule has 0 fully saturated rings. The molecule has 0 amide bonds. The van der Waals surface area contributed by atoms with Crippen molar-refractivity contribution in [2.45, 2.75) is 12.5 Å². The lowest BCUT2D eigenvalue weighted by molar-refractivity contribution is 0.382. The van der Waals surface area contributed by atoms with Crippen LogP contribution in [0.4, 0.5) is 0 Å². The summed E-state index contributed by atoms with van der Waals surface area (Å²) in [4.78, 5) is 5.33. The Morgan fingerprint density at radius 1 is 1.50 bits per heavy atom. The lowest BCUT2D eigenvalue weighted by Gasteiger charge is -2.17. The van der Waals surface area contributed by atoms with Gasteiger partial charge in [0.15, 0.2) is 0 Å². The highest BCUT2D eigenvalue weighted by atomic mass is 35.5. The fraction of sp³-hybridized carbons (Fsp3) is 0.250. The van der Waals surface area contributed by atoms with Crippen molar-refractivity contribution in [3.8, 4) is 5.88 Å². The average molecular weight is 284 g/mol. The molecule has 4 nitrogen and oxygen atoms in total. The molecule has 0 saturated heterocycles. The number of methoxy groups -OCH3 is 1. The number of thiophene rings is 1. The van der Waals surface area contributed by atoms with E-state index in [9.17, 15) is 0 Å². The SMILES string of the molecule is COc1ncccc1C(Cc1ccc(Cl)s1)NN. The van der Waals surface area contributed by atoms with Crippen LogP contribution in [0.1, 0.15) is 16.5 Å². The summed E-state index contributed by atoms with van der Waals surface area (Å²) in [6.45, 7) is 0. The number of pyridine rings is 1. The summed E-state index contributed by atoms with van der Waals surface area (Å²) in [5.74, 6) is 6.21. The number of aromatic nitrogens is 1. The van der Waals surface area contributed by atoms with Crippen LogP contribution < -0.4 is 16.0 Å². The van der Waals surface area contributed by atoms with Crippen molar-refractivity contribution in [3.63, 3.8) is 0 Å². The van der Waals surface area contributed by atoms with Gasteiger partial charge in [-0.2, -0.15) is 0 Å². The summed E-state index contributed by atoms with van der Waals surface area (Å²) < 4.78 is 6.02. The molecule has 2 rings (SSSR count). The zero-order valence-electron chi connectivity index (χ0n) is 9.89. The minimum Gasteiger partial charge on any atom is -0.481 e. The summed E-state index contributed by atoms with van der Waals surface area (Å²) in [7, 11) is 1.60. The van der Waals surface area contributed by atoms with E-state index in [1.165, 1.54) is 0 Å². The van der Waals surface area contributed by atoms with Gasteiger partial charge in [-0.1, -0.05) is 17.7 Å². The third-order valence-electron chi connectivity index (χ3n) is 2.60. The normalized spacial score (nSPS) is 12.4. The van der Waals surface area contributed by atoms with Crippen molar-refractivity contribution >= 4 is 22.9 Å². The molecule has 3 N–H and O–H groups in total. The van der Waals surface area contributed by atoms with E-state index in [1.54, 1.807) is 24.6 Å². The molecule has 0 spiro atoms. The Morgan fingerprint density at radius 2 is 2.33 bits per heavy atom. The van der Waals surface area contributed by atoms with Crippen LogP contribution in [0, 0.1) is 0 Å². The Hall–Kier alpha value is -1.14. The Labute approximate surface area is 115 Å². The van der Waals surface area contributed by atoms with Gasteiger partial charge >= 0.3 is 0 Å². The first-order valence-electron chi connectivity index (χ1n) is 5.44. The maximum Gasteiger partial charge on any atom is 0.217 e. The first-order valence-corrected chi connectivity index (χ1v) is 6.63. The average Bonchev–Trinajstić information content (AvgIpc) is 2.81. The van der Waals surface area contributed by atoms with Crippen molar-refractivity contribution in [2.24, 2.45) is 5.84 Å². The van der Waals surface area contributed by atoms with Crippen molar-refractivity contribution in [2.75, 3.05) is 7.11 Å². The van der Waals surface area contributed by atoms with Gasteiger partial charge in [0, 0.05) is 23.1 Å². The number of hydrogen-bond donors (Lipinski definition) is 2. The first-order chi connectivity index (χ1) is 8.74. The molecule has 6 heteroatoms. The van der Waals surface area contributed by atoms with Gasteiger partial charge in [-0.15, -0.1) is 11.3 Å². The number of nitrogens with zero attached hydrogens (tertiary/aromatic N) is 1. The molecule has 2 heterocycles. The number of halogens is 1. The number of nitrogens with two attached hydrogens (primary N) is 1. The summed E-state index contributed by atoms with van der Waals surface area (Å²) in [5.41, 5.74) is 3.73. The number of hydrazine groups is 1. The van der Waals surface area contributed by atoms with Gasteiger partial charge < -0.3 is 4.74 Å². The quantitative estimate of drug-likeness (QED) is 0.654. The third-order valence-corrected chi connectivity index (χ3v) is 3.86. The largest absolute Gasteiger partial charge is 0.481 e. The maximum absolute atomic E-state index is 5.92. The fourth-order valence-electron chi connectivity index (χ4n) is 1.76. The van der Waals surface area contributed by atoms with Crippen molar-refractivity contribution in [1.29, 1.82) is 0 Å². The summed E-state index contributed by atoms with van der Waals surface area (Å²) in [6, 6.07) is 7.65. The van der Waals surface area contributed by atoms with Crippen molar-refractivity contribution in [3.05, 3.63) is 45.2 Å². The van der Waals surface area contributed by atoms with E-state index in [-0.39, 0.29) is 6.04 Å². The Morgan fingerprint density at radius 3 is 2.94 bits per heavy atom. The van der Waals surface area contributed by atoms with Crippen LogP contribution in [-0.4, -0.2) is 12.1 Å². The number of rotatable bonds is 5. The Balaban J connectivity index is 2.22. The monoisotopic (exact) mass is 283 g/mol. The van der Waals surface area contributed by atoms with Crippen LogP contribution in [0.2, 0.25) is 4.34 Å². The van der Waals surface area contributed by atoms with Crippen molar-refractivity contribution < 1.29 is 4.74 Å². The van der Waals surface area contributed by atoms with Crippen LogP contribution >= 0.6 is 22.9 Å². The van der Waals surface area contributed by atoms with E-state index >= 15 is 0 Å². The molecule has 0 aromatic carbocycles. The topological polar surface area (TPSA) is 60.2 Å². The van der Waals surface area contributed by atoms with Gasteiger partial charge in [0.05, 0.1) is 17.5 Å². The van der Waals surface area contributed by atoms with Gasteiger partial charge in [-0.3, -0.25) is 11.3 Å². The molecule has 18 heavy (non-hydrogen) atoms. The molecule has 1 atom stereocenters. The molecular weight excluding hydrogens is 270 g/mol. The van der Waals surface area contributed by atoms with Crippen molar-refractivity contribution in [1.82, 2.24) is 10.4 Å². The molecule has 0 aliphatic heterocycles. The van der Waals surface area contributed by atoms with Crippen LogP contribution in [0.15, 0.2) is 30.5 Å². The van der Waals surface area contributed by atoms with Gasteiger partial charge in [-0.05, 0) is 18.2 Å². The summed E-state index contributed by atoms with van der Waals surface area (Å²) in [6.07, 6.45) is 2.44. The molecule has 2 aromatic heterocycles. The van der Waals surface area contributed by atoms with E-state index in [4.69, 9.17) is 22.2 Å². The number of hydrogen-bond acceptors (Lipinski definition) is 5. The molecule has 1 unspecified atom stereocenters. The van der Waals surface area contributed by atoms with E-state index in [1.807, 2.05) is 24.3 Å². The lowest BCUT2D eigenvalue weighted by Crippen LogP contribution is -2.29. The molecular formula is C12H14ClN3OS. The van der Waals surface area contributed by atoms with Crippen LogP contribution in [0.5, 0.6) is 5.88 Å². The Kier molecular flexibility index (Phi) is 4.54.